The van der Waals surface area contributed by atoms with E-state index in [4.69, 9.17) is 0 Å². The largest absolute Gasteiger partial charge is 0.433 e. The van der Waals surface area contributed by atoms with Gasteiger partial charge < -0.3 is 4.90 Å². The first kappa shape index (κ1) is 14.7. The van der Waals surface area contributed by atoms with Crippen LogP contribution in [0.25, 0.3) is 10.9 Å². The Morgan fingerprint density at radius 1 is 1.05 bits per heavy atom. The lowest BCUT2D eigenvalue weighted by molar-refractivity contribution is -0.141. The number of pyridine rings is 1. The number of carbonyl (C=O) groups is 1. The molecule has 0 unspecified atom stereocenters. The summed E-state index contributed by atoms with van der Waals surface area (Å²) in [5.41, 5.74) is -0.654. The third-order valence-electron chi connectivity index (χ3n) is 3.73. The fraction of sp³-hybridized carbons (Fsp3) is 0.333. The molecule has 0 radical (unpaired) electrons. The van der Waals surface area contributed by atoms with Crippen molar-refractivity contribution in [1.29, 1.82) is 0 Å². The molecule has 0 spiro atoms. The Morgan fingerprint density at radius 2 is 1.73 bits per heavy atom. The van der Waals surface area contributed by atoms with Crippen LogP contribution in [0.1, 0.15) is 18.5 Å². The maximum Gasteiger partial charge on any atom is 0.433 e. The van der Waals surface area contributed by atoms with Crippen molar-refractivity contribution in [2.45, 2.75) is 19.0 Å². The summed E-state index contributed by atoms with van der Waals surface area (Å²) in [7, 11) is 0. The fourth-order valence-corrected chi connectivity index (χ4v) is 2.58. The summed E-state index contributed by atoms with van der Waals surface area (Å²) < 4.78 is 52.3. The van der Waals surface area contributed by atoms with Gasteiger partial charge in [-0.3, -0.25) is 4.79 Å². The molecule has 22 heavy (non-hydrogen) atoms. The van der Waals surface area contributed by atoms with Crippen LogP contribution in [-0.2, 0) is 11.0 Å². The van der Waals surface area contributed by atoms with Gasteiger partial charge in [0.2, 0.25) is 0 Å². The summed E-state index contributed by atoms with van der Waals surface area (Å²) in [5.74, 6) is -0.500. The second-order valence-corrected chi connectivity index (χ2v) is 5.18. The molecule has 3 nitrogen and oxygen atoms in total. The Kier molecular flexibility index (Phi) is 3.50. The van der Waals surface area contributed by atoms with Gasteiger partial charge >= 0.3 is 6.18 Å². The first-order chi connectivity index (χ1) is 10.4. The molecular weight excluding hydrogens is 300 g/mol. The van der Waals surface area contributed by atoms with Crippen LogP contribution in [0.15, 0.2) is 24.3 Å². The molecule has 0 atom stereocenters. The highest BCUT2D eigenvalue weighted by molar-refractivity contribution is 5.92. The molecule has 1 fully saturated rings. The van der Waals surface area contributed by atoms with Gasteiger partial charge in [0.25, 0.3) is 0 Å². The molecule has 116 valence electrons. The zero-order chi connectivity index (χ0) is 15.9. The average Bonchev–Trinajstić information content (AvgIpc) is 2.48. The van der Waals surface area contributed by atoms with E-state index in [9.17, 15) is 22.4 Å². The Balaban J connectivity index is 2.13. The van der Waals surface area contributed by atoms with Crippen molar-refractivity contribution < 1.29 is 22.4 Å². The second-order valence-electron chi connectivity index (χ2n) is 5.18. The van der Waals surface area contributed by atoms with Crippen molar-refractivity contribution in [1.82, 2.24) is 4.98 Å². The summed E-state index contributed by atoms with van der Waals surface area (Å²) >= 11 is 0. The highest BCUT2D eigenvalue weighted by Crippen LogP contribution is 2.33. The van der Waals surface area contributed by atoms with Gasteiger partial charge in [-0.25, -0.2) is 9.37 Å². The molecule has 2 aromatic rings. The fourth-order valence-electron chi connectivity index (χ4n) is 2.58. The molecule has 0 bridgehead atoms. The number of aromatic nitrogens is 1. The Bertz CT molecular complexity index is 732. The van der Waals surface area contributed by atoms with Crippen molar-refractivity contribution in [3.63, 3.8) is 0 Å². The van der Waals surface area contributed by atoms with Crippen LogP contribution < -0.4 is 4.90 Å². The third kappa shape index (κ3) is 2.63. The van der Waals surface area contributed by atoms with Gasteiger partial charge in [0.1, 0.15) is 17.3 Å². The molecule has 0 aliphatic carbocycles. The lowest BCUT2D eigenvalue weighted by atomic mass is 10.1. The minimum atomic E-state index is -4.59. The van der Waals surface area contributed by atoms with Crippen LogP contribution >= 0.6 is 0 Å². The van der Waals surface area contributed by atoms with Crippen molar-refractivity contribution in [2.24, 2.45) is 0 Å². The minimum Gasteiger partial charge on any atom is -0.369 e. The summed E-state index contributed by atoms with van der Waals surface area (Å²) in [5, 5.41) is 0.0439. The molecular formula is C15H12F4N2O. The average molecular weight is 312 g/mol. The quantitative estimate of drug-likeness (QED) is 0.755. The summed E-state index contributed by atoms with van der Waals surface area (Å²) in [6, 6.07) is 4.50. The van der Waals surface area contributed by atoms with Gasteiger partial charge in [0.15, 0.2) is 0 Å². The standard InChI is InChI=1S/C15H12F4N2O/c16-11-2-3-12(21-7-5-9(22)6-8-21)14-10(11)1-4-13(20-14)15(17,18)19/h1-4H,5-8H2. The number of carbonyl (C=O) groups excluding carboxylic acids is 1. The number of nitrogens with zero attached hydrogens (tertiary/aromatic N) is 2. The number of hydrogen-bond donors (Lipinski definition) is 0. The molecule has 2 heterocycles. The zero-order valence-electron chi connectivity index (χ0n) is 11.5. The van der Waals surface area contributed by atoms with Gasteiger partial charge in [-0.2, -0.15) is 13.2 Å². The summed E-state index contributed by atoms with van der Waals surface area (Å²) in [6.45, 7) is 0.801. The minimum absolute atomic E-state index is 0.0239. The molecule has 0 saturated carbocycles. The Labute approximate surface area is 123 Å². The maximum absolute atomic E-state index is 13.8. The van der Waals surface area contributed by atoms with Gasteiger partial charge in [0.05, 0.1) is 11.2 Å². The maximum atomic E-state index is 13.8. The van der Waals surface area contributed by atoms with E-state index in [2.05, 4.69) is 4.98 Å². The number of fused-ring (bicyclic) bond motifs is 1. The zero-order valence-corrected chi connectivity index (χ0v) is 11.5. The molecule has 1 aromatic heterocycles. The molecule has 1 aliphatic rings. The number of benzene rings is 1. The monoisotopic (exact) mass is 312 g/mol. The van der Waals surface area contributed by atoms with E-state index in [-0.39, 0.29) is 16.7 Å². The molecule has 3 rings (SSSR count). The van der Waals surface area contributed by atoms with Crippen LogP contribution in [0, 0.1) is 5.82 Å². The SMILES string of the molecule is O=C1CCN(c2ccc(F)c3ccc(C(F)(F)F)nc23)CC1. The van der Waals surface area contributed by atoms with E-state index >= 15 is 0 Å². The number of alkyl halides is 3. The number of piperidine rings is 1. The number of Topliss-reactive ketones (excluding diaryl/α,β-unsaturated/α-hetero) is 1. The number of anilines is 1. The van der Waals surface area contributed by atoms with E-state index in [1.807, 2.05) is 0 Å². The van der Waals surface area contributed by atoms with E-state index in [0.29, 0.717) is 31.6 Å². The van der Waals surface area contributed by atoms with Crippen LogP contribution in [0.2, 0.25) is 0 Å². The summed E-state index contributed by atoms with van der Waals surface area (Å²) in [6.07, 6.45) is -3.93. The van der Waals surface area contributed by atoms with Crippen molar-refractivity contribution in [3.8, 4) is 0 Å². The van der Waals surface area contributed by atoms with E-state index in [1.165, 1.54) is 12.1 Å². The number of halogens is 4. The van der Waals surface area contributed by atoms with Gasteiger partial charge in [-0.15, -0.1) is 0 Å². The lowest BCUT2D eigenvalue weighted by Gasteiger charge is -2.29. The van der Waals surface area contributed by atoms with Crippen LogP contribution in [-0.4, -0.2) is 23.9 Å². The third-order valence-corrected chi connectivity index (χ3v) is 3.73. The number of hydrogen-bond acceptors (Lipinski definition) is 3. The van der Waals surface area contributed by atoms with Gasteiger partial charge in [-0.1, -0.05) is 0 Å². The van der Waals surface area contributed by atoms with Crippen molar-refractivity contribution >= 4 is 22.4 Å². The molecule has 0 amide bonds. The summed E-state index contributed by atoms with van der Waals surface area (Å²) in [4.78, 5) is 16.7. The predicted octanol–water partition coefficient (Wildman–Crippen LogP) is 3.56. The molecule has 1 aliphatic heterocycles. The molecule has 7 heteroatoms. The van der Waals surface area contributed by atoms with Crippen LogP contribution in [0.3, 0.4) is 0 Å². The van der Waals surface area contributed by atoms with Crippen LogP contribution in [0.4, 0.5) is 23.2 Å². The van der Waals surface area contributed by atoms with Gasteiger partial charge in [-0.05, 0) is 24.3 Å². The van der Waals surface area contributed by atoms with Gasteiger partial charge in [0, 0.05) is 31.3 Å². The predicted molar refractivity (Wildman–Crippen MR) is 73.2 cm³/mol. The normalized spacial score (nSPS) is 16.4. The smallest absolute Gasteiger partial charge is 0.369 e. The number of ketones is 1. The van der Waals surface area contributed by atoms with E-state index < -0.39 is 17.7 Å². The Morgan fingerprint density at radius 3 is 2.36 bits per heavy atom. The van der Waals surface area contributed by atoms with Crippen molar-refractivity contribution in [2.75, 3.05) is 18.0 Å². The van der Waals surface area contributed by atoms with E-state index in [0.717, 1.165) is 12.1 Å². The molecule has 0 N–H and O–H groups in total. The van der Waals surface area contributed by atoms with Crippen molar-refractivity contribution in [3.05, 3.63) is 35.8 Å². The lowest BCUT2D eigenvalue weighted by Crippen LogP contribution is -2.34. The highest BCUT2D eigenvalue weighted by atomic mass is 19.4. The molecule has 1 saturated heterocycles. The molecule has 1 aromatic carbocycles. The van der Waals surface area contributed by atoms with E-state index in [1.54, 1.807) is 4.90 Å². The topological polar surface area (TPSA) is 33.2 Å². The van der Waals surface area contributed by atoms with Crippen LogP contribution in [0.5, 0.6) is 0 Å². The second kappa shape index (κ2) is 5.23. The highest BCUT2D eigenvalue weighted by Gasteiger charge is 2.33. The number of rotatable bonds is 1. The first-order valence-corrected chi connectivity index (χ1v) is 6.79. The Hall–Kier alpha value is -2.18. The first-order valence-electron chi connectivity index (χ1n) is 6.79.